The number of carbonyl (C=O) groups is 1. The number of nitrogens with zero attached hydrogens (tertiary/aromatic N) is 5. The number of rotatable bonds is 5. The van der Waals surface area contributed by atoms with Gasteiger partial charge in [-0.25, -0.2) is 4.79 Å². The number of ether oxygens (including phenoxy) is 2. The van der Waals surface area contributed by atoms with Crippen molar-refractivity contribution < 1.29 is 14.3 Å². The van der Waals surface area contributed by atoms with Crippen LogP contribution in [0.3, 0.4) is 0 Å². The van der Waals surface area contributed by atoms with Crippen LogP contribution in [-0.4, -0.2) is 80.1 Å². The molecule has 3 aliphatic rings. The average molecular weight is 425 g/mol. The number of hydrogen-bond acceptors (Lipinski definition) is 8. The van der Waals surface area contributed by atoms with Crippen molar-refractivity contribution in [1.29, 1.82) is 0 Å². The average Bonchev–Trinajstić information content (AvgIpc) is 2.73. The van der Waals surface area contributed by atoms with Gasteiger partial charge in [0.15, 0.2) is 5.82 Å². The zero-order valence-electron chi connectivity index (χ0n) is 17.6. The van der Waals surface area contributed by atoms with E-state index in [1.54, 1.807) is 0 Å². The number of urea groups is 1. The van der Waals surface area contributed by atoms with E-state index in [0.29, 0.717) is 43.2 Å². The van der Waals surface area contributed by atoms with Gasteiger partial charge in [0, 0.05) is 44.0 Å². The SMILES string of the molecule is CCNC(=O)Nc1ccc(-c2nc(N3CCOCC3)nc(N3CC4(COC4)C3)n2)cc1. The van der Waals surface area contributed by atoms with Crippen LogP contribution in [0, 0.1) is 5.41 Å². The number of morpholine rings is 1. The number of nitrogens with one attached hydrogen (secondary N) is 2. The summed E-state index contributed by atoms with van der Waals surface area (Å²) in [6.07, 6.45) is 0. The predicted octanol–water partition coefficient (Wildman–Crippen LogP) is 1.35. The minimum atomic E-state index is -0.223. The molecule has 2 amide bonds. The van der Waals surface area contributed by atoms with Crippen molar-refractivity contribution >= 4 is 23.6 Å². The molecule has 1 spiro atoms. The molecule has 3 saturated heterocycles. The van der Waals surface area contributed by atoms with Crippen molar-refractivity contribution in [3.8, 4) is 11.4 Å². The van der Waals surface area contributed by atoms with E-state index in [2.05, 4.69) is 20.4 Å². The topological polar surface area (TPSA) is 105 Å². The summed E-state index contributed by atoms with van der Waals surface area (Å²) in [6.45, 7) is 8.77. The normalized spacial score (nSPS) is 19.5. The van der Waals surface area contributed by atoms with Crippen molar-refractivity contribution in [2.24, 2.45) is 5.41 Å². The van der Waals surface area contributed by atoms with Gasteiger partial charge in [-0.15, -0.1) is 0 Å². The monoisotopic (exact) mass is 425 g/mol. The molecule has 1 aromatic heterocycles. The molecule has 0 unspecified atom stereocenters. The van der Waals surface area contributed by atoms with Crippen molar-refractivity contribution in [2.45, 2.75) is 6.92 Å². The fourth-order valence-corrected chi connectivity index (χ4v) is 4.05. The van der Waals surface area contributed by atoms with Gasteiger partial charge < -0.3 is 29.9 Å². The van der Waals surface area contributed by atoms with Crippen LogP contribution < -0.4 is 20.4 Å². The number of anilines is 3. The van der Waals surface area contributed by atoms with Gasteiger partial charge in [0.1, 0.15) is 0 Å². The van der Waals surface area contributed by atoms with Gasteiger partial charge >= 0.3 is 6.03 Å². The Kier molecular flexibility index (Phi) is 5.33. The van der Waals surface area contributed by atoms with Crippen LogP contribution in [0.1, 0.15) is 6.92 Å². The van der Waals surface area contributed by atoms with E-state index >= 15 is 0 Å². The third-order valence-electron chi connectivity index (χ3n) is 5.80. The summed E-state index contributed by atoms with van der Waals surface area (Å²) in [5.74, 6) is 2.01. The number of hydrogen-bond donors (Lipinski definition) is 2. The molecule has 1 aromatic carbocycles. The Morgan fingerprint density at radius 2 is 1.68 bits per heavy atom. The van der Waals surface area contributed by atoms with Gasteiger partial charge in [-0.05, 0) is 31.2 Å². The van der Waals surface area contributed by atoms with Crippen LogP contribution in [0.25, 0.3) is 11.4 Å². The fourth-order valence-electron chi connectivity index (χ4n) is 4.05. The zero-order chi connectivity index (χ0) is 21.3. The highest BCUT2D eigenvalue weighted by molar-refractivity contribution is 5.89. The number of aromatic nitrogens is 3. The van der Waals surface area contributed by atoms with E-state index in [0.717, 1.165) is 45.0 Å². The highest BCUT2D eigenvalue weighted by Gasteiger charge is 2.50. The smallest absolute Gasteiger partial charge is 0.319 e. The van der Waals surface area contributed by atoms with Crippen LogP contribution in [0.4, 0.5) is 22.4 Å². The number of benzene rings is 1. The summed E-state index contributed by atoms with van der Waals surface area (Å²) in [6, 6.07) is 7.32. The Hall–Kier alpha value is -2.98. The van der Waals surface area contributed by atoms with Crippen molar-refractivity contribution in [1.82, 2.24) is 20.3 Å². The van der Waals surface area contributed by atoms with Crippen molar-refractivity contribution in [2.75, 3.05) is 74.3 Å². The third-order valence-corrected chi connectivity index (χ3v) is 5.80. The van der Waals surface area contributed by atoms with E-state index in [1.807, 2.05) is 31.2 Å². The summed E-state index contributed by atoms with van der Waals surface area (Å²) < 4.78 is 10.9. The highest BCUT2D eigenvalue weighted by Crippen LogP contribution is 2.39. The molecule has 0 saturated carbocycles. The molecule has 10 heteroatoms. The maximum absolute atomic E-state index is 11.7. The molecular formula is C21H27N7O3. The number of carbonyl (C=O) groups excluding carboxylic acids is 1. The van der Waals surface area contributed by atoms with Crippen LogP contribution in [-0.2, 0) is 9.47 Å². The first kappa shape index (κ1) is 20.0. The first-order chi connectivity index (χ1) is 15.1. The van der Waals surface area contributed by atoms with E-state index < -0.39 is 0 Å². The standard InChI is InChI=1S/C21H27N7O3/c1-2-22-20(29)23-16-5-3-15(4-6-16)17-24-18(27-7-9-30-10-8-27)26-19(25-17)28-11-21(12-28)13-31-14-21/h3-6H,2,7-14H2,1H3,(H2,22,23,29). The molecule has 0 atom stereocenters. The third kappa shape index (κ3) is 4.13. The van der Waals surface area contributed by atoms with Crippen LogP contribution in [0.2, 0.25) is 0 Å². The second kappa shape index (κ2) is 8.27. The second-order valence-electron chi connectivity index (χ2n) is 8.27. The Bertz CT molecular complexity index is 934. The number of amides is 2. The molecule has 0 aliphatic carbocycles. The van der Waals surface area contributed by atoms with Gasteiger partial charge in [0.05, 0.1) is 31.8 Å². The van der Waals surface area contributed by atoms with E-state index in [9.17, 15) is 4.79 Å². The van der Waals surface area contributed by atoms with Crippen LogP contribution >= 0.6 is 0 Å². The van der Waals surface area contributed by atoms with E-state index in [4.69, 9.17) is 24.4 Å². The fraction of sp³-hybridized carbons (Fsp3) is 0.524. The first-order valence-electron chi connectivity index (χ1n) is 10.7. The van der Waals surface area contributed by atoms with Crippen LogP contribution in [0.15, 0.2) is 24.3 Å². The molecule has 3 aliphatic heterocycles. The first-order valence-corrected chi connectivity index (χ1v) is 10.7. The molecule has 0 bridgehead atoms. The molecule has 2 aromatic rings. The Morgan fingerprint density at radius 3 is 2.29 bits per heavy atom. The summed E-state index contributed by atoms with van der Waals surface area (Å²) in [4.78, 5) is 30.4. The summed E-state index contributed by atoms with van der Waals surface area (Å²) in [5, 5.41) is 5.53. The lowest BCUT2D eigenvalue weighted by Crippen LogP contribution is -2.66. The van der Waals surface area contributed by atoms with Crippen molar-refractivity contribution in [3.05, 3.63) is 24.3 Å². The minimum absolute atomic E-state index is 0.223. The molecule has 2 N–H and O–H groups in total. The van der Waals surface area contributed by atoms with E-state index in [-0.39, 0.29) is 11.4 Å². The lowest BCUT2D eigenvalue weighted by molar-refractivity contribution is -0.127. The largest absolute Gasteiger partial charge is 0.380 e. The summed E-state index contributed by atoms with van der Waals surface area (Å²) in [7, 11) is 0. The van der Waals surface area contributed by atoms with Crippen molar-refractivity contribution in [3.63, 3.8) is 0 Å². The lowest BCUT2D eigenvalue weighted by atomic mass is 9.78. The highest BCUT2D eigenvalue weighted by atomic mass is 16.5. The minimum Gasteiger partial charge on any atom is -0.380 e. The van der Waals surface area contributed by atoms with E-state index in [1.165, 1.54) is 0 Å². The van der Waals surface area contributed by atoms with Gasteiger partial charge in [-0.1, -0.05) is 0 Å². The molecule has 10 nitrogen and oxygen atoms in total. The van der Waals surface area contributed by atoms with Gasteiger partial charge in [0.2, 0.25) is 11.9 Å². The molecule has 5 rings (SSSR count). The quantitative estimate of drug-likeness (QED) is 0.740. The van der Waals surface area contributed by atoms with Gasteiger partial charge in [-0.2, -0.15) is 15.0 Å². The Balaban J connectivity index is 1.40. The maximum atomic E-state index is 11.7. The Labute approximate surface area is 181 Å². The molecular weight excluding hydrogens is 398 g/mol. The summed E-state index contributed by atoms with van der Waals surface area (Å²) in [5.41, 5.74) is 1.87. The van der Waals surface area contributed by atoms with Crippen LogP contribution in [0.5, 0.6) is 0 Å². The predicted molar refractivity (Wildman–Crippen MR) is 116 cm³/mol. The molecule has 31 heavy (non-hydrogen) atoms. The second-order valence-corrected chi connectivity index (χ2v) is 8.27. The zero-order valence-corrected chi connectivity index (χ0v) is 17.6. The lowest BCUT2D eigenvalue weighted by Gasteiger charge is -2.54. The maximum Gasteiger partial charge on any atom is 0.319 e. The summed E-state index contributed by atoms with van der Waals surface area (Å²) >= 11 is 0. The molecule has 164 valence electrons. The van der Waals surface area contributed by atoms with Gasteiger partial charge in [0.25, 0.3) is 0 Å². The molecule has 0 radical (unpaired) electrons. The van der Waals surface area contributed by atoms with Gasteiger partial charge in [-0.3, -0.25) is 0 Å². The molecule has 3 fully saturated rings. The molecule has 4 heterocycles. The Morgan fingerprint density at radius 1 is 1.00 bits per heavy atom.